The molecule has 2 amide bonds. The van der Waals surface area contributed by atoms with Crippen molar-refractivity contribution in [3.63, 3.8) is 0 Å². The summed E-state index contributed by atoms with van der Waals surface area (Å²) in [5.41, 5.74) is 0. The topological polar surface area (TPSA) is 70.7 Å². The van der Waals surface area contributed by atoms with Gasteiger partial charge in [-0.25, -0.2) is 0 Å². The smallest absolute Gasteiger partial charge is 0.244 e. The van der Waals surface area contributed by atoms with Crippen molar-refractivity contribution >= 4 is 11.8 Å². The number of hydrogen-bond donors (Lipinski definition) is 2. The van der Waals surface area contributed by atoms with Crippen LogP contribution in [0.3, 0.4) is 0 Å². The highest BCUT2D eigenvalue weighted by molar-refractivity contribution is 5.88. The van der Waals surface area contributed by atoms with Crippen LogP contribution in [0.25, 0.3) is 0 Å². The zero-order valence-electron chi connectivity index (χ0n) is 13.1. The fourth-order valence-electron chi connectivity index (χ4n) is 2.94. The van der Waals surface area contributed by atoms with Crippen LogP contribution in [0.4, 0.5) is 0 Å². The lowest BCUT2D eigenvalue weighted by Crippen LogP contribution is -2.51. The first-order valence-electron chi connectivity index (χ1n) is 8.03. The maximum Gasteiger partial charge on any atom is 0.244 e. The highest BCUT2D eigenvalue weighted by Gasteiger charge is 2.35. The minimum Gasteiger partial charge on any atom is -0.379 e. The zero-order chi connectivity index (χ0) is 15.2. The quantitative estimate of drug-likeness (QED) is 0.731. The average molecular weight is 297 g/mol. The normalized spacial score (nSPS) is 26.9. The van der Waals surface area contributed by atoms with Gasteiger partial charge in [0.25, 0.3) is 0 Å². The van der Waals surface area contributed by atoms with Crippen LogP contribution in [-0.2, 0) is 14.3 Å². The van der Waals surface area contributed by atoms with Crippen LogP contribution in [0.2, 0.25) is 0 Å². The Balaban J connectivity index is 1.83. The fraction of sp³-hybridized carbons (Fsp3) is 0.867. The molecule has 3 atom stereocenters. The lowest BCUT2D eigenvalue weighted by Gasteiger charge is -2.24. The zero-order valence-corrected chi connectivity index (χ0v) is 13.1. The van der Waals surface area contributed by atoms with Crippen molar-refractivity contribution in [2.75, 3.05) is 32.8 Å². The number of rotatable bonds is 6. The Kier molecular flexibility index (Phi) is 5.99. The predicted octanol–water partition coefficient (Wildman–Crippen LogP) is 0.128. The van der Waals surface area contributed by atoms with Crippen LogP contribution < -0.4 is 10.6 Å². The van der Waals surface area contributed by atoms with Gasteiger partial charge in [0.1, 0.15) is 6.04 Å². The molecule has 0 saturated carbocycles. The summed E-state index contributed by atoms with van der Waals surface area (Å²) in [6.45, 7) is 7.35. The first kappa shape index (κ1) is 16.2. The van der Waals surface area contributed by atoms with E-state index < -0.39 is 6.04 Å². The molecule has 6 heteroatoms. The molecule has 2 rings (SSSR count). The Morgan fingerprint density at radius 1 is 1.29 bits per heavy atom. The molecule has 0 radical (unpaired) electrons. The third kappa shape index (κ3) is 4.17. The molecule has 2 aliphatic rings. The number of nitrogens with one attached hydrogen (secondary N) is 2. The minimum absolute atomic E-state index is 0.0258. The maximum absolute atomic E-state index is 12.3. The van der Waals surface area contributed by atoms with Crippen LogP contribution in [0.5, 0.6) is 0 Å². The van der Waals surface area contributed by atoms with Gasteiger partial charge in [0.15, 0.2) is 0 Å². The largest absolute Gasteiger partial charge is 0.379 e. The maximum atomic E-state index is 12.3. The van der Waals surface area contributed by atoms with E-state index in [0.29, 0.717) is 13.2 Å². The SMILES string of the molecule is CCCNC1COCC1C(=O)NC(C)C(=O)N1CCCC1. The van der Waals surface area contributed by atoms with Gasteiger partial charge >= 0.3 is 0 Å². The molecule has 3 unspecified atom stereocenters. The van der Waals surface area contributed by atoms with Gasteiger partial charge in [-0.15, -0.1) is 0 Å². The van der Waals surface area contributed by atoms with Gasteiger partial charge in [0.2, 0.25) is 11.8 Å². The Hall–Kier alpha value is -1.14. The predicted molar refractivity (Wildman–Crippen MR) is 79.8 cm³/mol. The molecule has 0 aromatic carbocycles. The summed E-state index contributed by atoms with van der Waals surface area (Å²) in [6, 6.07) is -0.401. The Bertz CT molecular complexity index is 369. The van der Waals surface area contributed by atoms with E-state index in [9.17, 15) is 9.59 Å². The summed E-state index contributed by atoms with van der Waals surface area (Å²) in [5, 5.41) is 6.19. The van der Waals surface area contributed by atoms with E-state index in [0.717, 1.165) is 38.9 Å². The fourth-order valence-corrected chi connectivity index (χ4v) is 2.94. The summed E-state index contributed by atoms with van der Waals surface area (Å²) in [7, 11) is 0. The molecule has 0 bridgehead atoms. The summed E-state index contributed by atoms with van der Waals surface area (Å²) >= 11 is 0. The number of nitrogens with zero attached hydrogens (tertiary/aromatic N) is 1. The van der Waals surface area contributed by atoms with E-state index in [-0.39, 0.29) is 23.8 Å². The number of ether oxygens (including phenoxy) is 1. The molecular formula is C15H27N3O3. The van der Waals surface area contributed by atoms with Crippen LogP contribution in [0, 0.1) is 5.92 Å². The molecule has 0 aromatic heterocycles. The molecule has 2 N–H and O–H groups in total. The van der Waals surface area contributed by atoms with Crippen molar-refractivity contribution < 1.29 is 14.3 Å². The number of likely N-dealkylation sites (tertiary alicyclic amines) is 1. The van der Waals surface area contributed by atoms with Crippen molar-refractivity contribution in [3.05, 3.63) is 0 Å². The Morgan fingerprint density at radius 3 is 2.67 bits per heavy atom. The van der Waals surface area contributed by atoms with Gasteiger partial charge in [-0.3, -0.25) is 9.59 Å². The average Bonchev–Trinajstić information content (AvgIpc) is 3.15. The van der Waals surface area contributed by atoms with Gasteiger partial charge in [-0.2, -0.15) is 0 Å². The highest BCUT2D eigenvalue weighted by Crippen LogP contribution is 2.15. The van der Waals surface area contributed by atoms with E-state index in [4.69, 9.17) is 4.74 Å². The van der Waals surface area contributed by atoms with Gasteiger partial charge in [0, 0.05) is 19.1 Å². The summed E-state index contributed by atoms with van der Waals surface area (Å²) in [4.78, 5) is 26.4. The monoisotopic (exact) mass is 297 g/mol. The molecule has 0 aliphatic carbocycles. The molecule has 0 spiro atoms. The molecule has 120 valence electrons. The van der Waals surface area contributed by atoms with Crippen molar-refractivity contribution in [2.45, 2.75) is 45.2 Å². The lowest BCUT2D eigenvalue weighted by molar-refractivity contribution is -0.136. The van der Waals surface area contributed by atoms with Crippen molar-refractivity contribution in [3.8, 4) is 0 Å². The van der Waals surface area contributed by atoms with E-state index in [1.807, 2.05) is 4.90 Å². The highest BCUT2D eigenvalue weighted by atomic mass is 16.5. The Labute approximate surface area is 126 Å². The first-order chi connectivity index (χ1) is 10.1. The third-order valence-electron chi connectivity index (χ3n) is 4.22. The van der Waals surface area contributed by atoms with E-state index in [1.54, 1.807) is 6.92 Å². The van der Waals surface area contributed by atoms with Gasteiger partial charge in [0.05, 0.1) is 19.1 Å². The van der Waals surface area contributed by atoms with Gasteiger partial charge in [-0.05, 0) is 32.7 Å². The lowest BCUT2D eigenvalue weighted by atomic mass is 10.0. The molecule has 0 aromatic rings. The molecule has 21 heavy (non-hydrogen) atoms. The van der Waals surface area contributed by atoms with Crippen LogP contribution in [0.1, 0.15) is 33.1 Å². The van der Waals surface area contributed by atoms with E-state index >= 15 is 0 Å². The van der Waals surface area contributed by atoms with Crippen molar-refractivity contribution in [1.29, 1.82) is 0 Å². The van der Waals surface area contributed by atoms with Gasteiger partial charge < -0.3 is 20.3 Å². The number of carbonyl (C=O) groups is 2. The minimum atomic E-state index is -0.456. The third-order valence-corrected chi connectivity index (χ3v) is 4.22. The molecule has 2 aliphatic heterocycles. The first-order valence-corrected chi connectivity index (χ1v) is 8.03. The van der Waals surface area contributed by atoms with Crippen LogP contribution in [0.15, 0.2) is 0 Å². The molecular weight excluding hydrogens is 270 g/mol. The van der Waals surface area contributed by atoms with Crippen LogP contribution in [-0.4, -0.2) is 61.6 Å². The van der Waals surface area contributed by atoms with E-state index in [1.165, 1.54) is 0 Å². The number of hydrogen-bond acceptors (Lipinski definition) is 4. The van der Waals surface area contributed by atoms with Crippen LogP contribution >= 0.6 is 0 Å². The standard InChI is InChI=1S/C15H27N3O3/c1-3-6-16-13-10-21-9-12(13)14(19)17-11(2)15(20)18-7-4-5-8-18/h11-13,16H,3-10H2,1-2H3,(H,17,19). The van der Waals surface area contributed by atoms with Crippen molar-refractivity contribution in [1.82, 2.24) is 15.5 Å². The molecule has 2 saturated heterocycles. The summed E-state index contributed by atoms with van der Waals surface area (Å²) in [5.74, 6) is -0.260. The molecule has 6 nitrogen and oxygen atoms in total. The van der Waals surface area contributed by atoms with Gasteiger partial charge in [-0.1, -0.05) is 6.92 Å². The van der Waals surface area contributed by atoms with E-state index in [2.05, 4.69) is 17.6 Å². The summed E-state index contributed by atoms with van der Waals surface area (Å²) < 4.78 is 5.41. The van der Waals surface area contributed by atoms with Crippen molar-refractivity contribution in [2.24, 2.45) is 5.92 Å². The second kappa shape index (κ2) is 7.75. The Morgan fingerprint density at radius 2 is 2.00 bits per heavy atom. The second-order valence-corrected chi connectivity index (χ2v) is 5.97. The summed E-state index contributed by atoms with van der Waals surface area (Å²) in [6.07, 6.45) is 3.15. The number of amides is 2. The molecule has 2 heterocycles. The second-order valence-electron chi connectivity index (χ2n) is 5.97. The number of carbonyl (C=O) groups excluding carboxylic acids is 2. The molecule has 2 fully saturated rings.